The molecule has 5 nitrogen and oxygen atoms in total. The first-order valence-electron chi connectivity index (χ1n) is 10.2. The van der Waals surface area contributed by atoms with Crippen LogP contribution in [0.5, 0.6) is 0 Å². The highest BCUT2D eigenvalue weighted by molar-refractivity contribution is 9.10. The fourth-order valence-corrected chi connectivity index (χ4v) is 4.33. The van der Waals surface area contributed by atoms with Crippen molar-refractivity contribution in [3.63, 3.8) is 0 Å². The van der Waals surface area contributed by atoms with Crippen LogP contribution in [-0.2, 0) is 10.2 Å². The molecular weight excluding hydrogens is 406 g/mol. The lowest BCUT2D eigenvalue weighted by Crippen LogP contribution is -2.46. The number of aliphatic hydroxyl groups is 1. The zero-order valence-corrected chi connectivity index (χ0v) is 17.8. The Bertz CT molecular complexity index is 606. The molecule has 6 heteroatoms. The van der Waals surface area contributed by atoms with Gasteiger partial charge in [-0.3, -0.25) is 4.99 Å². The summed E-state index contributed by atoms with van der Waals surface area (Å²) in [6, 6.07) is 9.06. The van der Waals surface area contributed by atoms with Gasteiger partial charge in [0.1, 0.15) is 0 Å². The summed E-state index contributed by atoms with van der Waals surface area (Å²) in [5.74, 6) is 0.891. The van der Waals surface area contributed by atoms with E-state index < -0.39 is 0 Å². The SMILES string of the molecule is CCNC(=NCC1(c2ccc(Br)cc2)CCOCC1)NC1CCC(O)CC1. The molecule has 150 valence electrons. The molecule has 1 saturated carbocycles. The van der Waals surface area contributed by atoms with Crippen molar-refractivity contribution in [2.75, 3.05) is 26.3 Å². The van der Waals surface area contributed by atoms with E-state index in [0.717, 1.165) is 75.3 Å². The van der Waals surface area contributed by atoms with Crippen molar-refractivity contribution in [3.8, 4) is 0 Å². The van der Waals surface area contributed by atoms with Crippen LogP contribution in [0.3, 0.4) is 0 Å². The highest BCUT2D eigenvalue weighted by Gasteiger charge is 2.34. The molecular formula is C21H32BrN3O2. The van der Waals surface area contributed by atoms with Crippen molar-refractivity contribution in [2.45, 2.75) is 63.0 Å². The van der Waals surface area contributed by atoms with E-state index in [0.29, 0.717) is 6.04 Å². The normalized spacial score (nSPS) is 25.8. The molecule has 0 radical (unpaired) electrons. The molecule has 0 bridgehead atoms. The van der Waals surface area contributed by atoms with Crippen LogP contribution in [0, 0.1) is 0 Å². The molecule has 3 N–H and O–H groups in total. The largest absolute Gasteiger partial charge is 0.393 e. The number of hydrogen-bond donors (Lipinski definition) is 3. The molecule has 2 aliphatic rings. The Labute approximate surface area is 171 Å². The van der Waals surface area contributed by atoms with E-state index >= 15 is 0 Å². The highest BCUT2D eigenvalue weighted by Crippen LogP contribution is 2.35. The second-order valence-corrected chi connectivity index (χ2v) is 8.66. The summed E-state index contributed by atoms with van der Waals surface area (Å²) in [6.07, 6.45) is 5.59. The average Bonchev–Trinajstić information content (AvgIpc) is 2.69. The third-order valence-corrected chi connectivity index (χ3v) is 6.36. The molecule has 0 amide bonds. The maximum Gasteiger partial charge on any atom is 0.191 e. The first-order chi connectivity index (χ1) is 13.1. The predicted octanol–water partition coefficient (Wildman–Crippen LogP) is 3.36. The average molecular weight is 438 g/mol. The molecule has 0 atom stereocenters. The van der Waals surface area contributed by atoms with E-state index in [9.17, 15) is 5.11 Å². The summed E-state index contributed by atoms with van der Waals surface area (Å²) in [5.41, 5.74) is 1.37. The van der Waals surface area contributed by atoms with Gasteiger partial charge in [-0.1, -0.05) is 28.1 Å². The number of nitrogens with one attached hydrogen (secondary N) is 2. The molecule has 1 aliphatic carbocycles. The third kappa shape index (κ3) is 5.69. The minimum absolute atomic E-state index is 0.0318. The summed E-state index contributed by atoms with van der Waals surface area (Å²) in [5, 5.41) is 16.7. The number of nitrogens with zero attached hydrogens (tertiary/aromatic N) is 1. The summed E-state index contributed by atoms with van der Waals surface area (Å²) >= 11 is 3.54. The zero-order chi connectivity index (χ0) is 19.1. The van der Waals surface area contributed by atoms with Gasteiger partial charge in [-0.15, -0.1) is 0 Å². The molecule has 0 unspecified atom stereocenters. The number of halogens is 1. The minimum Gasteiger partial charge on any atom is -0.393 e. The molecule has 0 spiro atoms. The number of benzene rings is 1. The summed E-state index contributed by atoms with van der Waals surface area (Å²) in [6.45, 7) is 5.27. The molecule has 1 heterocycles. The Balaban J connectivity index is 1.73. The van der Waals surface area contributed by atoms with Gasteiger partial charge in [0.25, 0.3) is 0 Å². The molecule has 27 heavy (non-hydrogen) atoms. The van der Waals surface area contributed by atoms with E-state index in [4.69, 9.17) is 9.73 Å². The van der Waals surface area contributed by atoms with Crippen molar-refractivity contribution < 1.29 is 9.84 Å². The van der Waals surface area contributed by atoms with Crippen molar-refractivity contribution in [2.24, 2.45) is 4.99 Å². The van der Waals surface area contributed by atoms with E-state index in [1.54, 1.807) is 0 Å². The Morgan fingerprint density at radius 2 is 1.85 bits per heavy atom. The summed E-state index contributed by atoms with van der Waals surface area (Å²) in [4.78, 5) is 4.99. The summed E-state index contributed by atoms with van der Waals surface area (Å²) in [7, 11) is 0. The van der Waals surface area contributed by atoms with Crippen LogP contribution in [0.4, 0.5) is 0 Å². The fourth-order valence-electron chi connectivity index (χ4n) is 4.07. The second kappa shape index (κ2) is 9.89. The van der Waals surface area contributed by atoms with Gasteiger partial charge in [-0.2, -0.15) is 0 Å². The van der Waals surface area contributed by atoms with Crippen LogP contribution in [0.25, 0.3) is 0 Å². The number of rotatable bonds is 5. The molecule has 1 aromatic rings. The molecule has 0 aromatic heterocycles. The monoisotopic (exact) mass is 437 g/mol. The van der Waals surface area contributed by atoms with Crippen LogP contribution in [0.2, 0.25) is 0 Å². The fraction of sp³-hybridized carbons (Fsp3) is 0.667. The number of aliphatic imine (C=N–C) groups is 1. The van der Waals surface area contributed by atoms with Crippen LogP contribution in [-0.4, -0.2) is 49.5 Å². The Hall–Kier alpha value is -1.11. The van der Waals surface area contributed by atoms with Gasteiger partial charge in [-0.05, 0) is 63.1 Å². The van der Waals surface area contributed by atoms with Crippen LogP contribution >= 0.6 is 15.9 Å². The van der Waals surface area contributed by atoms with E-state index in [1.165, 1.54) is 5.56 Å². The quantitative estimate of drug-likeness (QED) is 0.487. The first kappa shape index (κ1) is 20.6. The molecule has 1 saturated heterocycles. The topological polar surface area (TPSA) is 65.9 Å². The third-order valence-electron chi connectivity index (χ3n) is 5.83. The van der Waals surface area contributed by atoms with Crippen LogP contribution in [0.15, 0.2) is 33.7 Å². The van der Waals surface area contributed by atoms with E-state index in [2.05, 4.69) is 57.8 Å². The van der Waals surface area contributed by atoms with Crippen molar-refractivity contribution in [3.05, 3.63) is 34.3 Å². The van der Waals surface area contributed by atoms with Crippen molar-refractivity contribution >= 4 is 21.9 Å². The molecule has 2 fully saturated rings. The highest BCUT2D eigenvalue weighted by atomic mass is 79.9. The Morgan fingerprint density at radius 1 is 1.19 bits per heavy atom. The van der Waals surface area contributed by atoms with Crippen molar-refractivity contribution in [1.29, 1.82) is 0 Å². The Morgan fingerprint density at radius 3 is 2.48 bits per heavy atom. The molecule has 1 aliphatic heterocycles. The minimum atomic E-state index is -0.134. The lowest BCUT2D eigenvalue weighted by atomic mass is 9.74. The second-order valence-electron chi connectivity index (χ2n) is 7.74. The van der Waals surface area contributed by atoms with Crippen LogP contribution < -0.4 is 10.6 Å². The maximum atomic E-state index is 9.73. The first-order valence-corrected chi connectivity index (χ1v) is 11.0. The number of aliphatic hydroxyl groups excluding tert-OH is 1. The van der Waals surface area contributed by atoms with Gasteiger partial charge in [-0.25, -0.2) is 0 Å². The number of hydrogen-bond acceptors (Lipinski definition) is 3. The predicted molar refractivity (Wildman–Crippen MR) is 113 cm³/mol. The van der Waals surface area contributed by atoms with Crippen molar-refractivity contribution in [1.82, 2.24) is 10.6 Å². The van der Waals surface area contributed by atoms with Gasteiger partial charge in [0.15, 0.2) is 5.96 Å². The van der Waals surface area contributed by atoms with Gasteiger partial charge in [0, 0.05) is 35.7 Å². The van der Waals surface area contributed by atoms with Gasteiger partial charge in [0.05, 0.1) is 12.6 Å². The van der Waals surface area contributed by atoms with Gasteiger partial charge < -0.3 is 20.5 Å². The molecule has 1 aromatic carbocycles. The lowest BCUT2D eigenvalue weighted by molar-refractivity contribution is 0.0531. The van der Waals surface area contributed by atoms with E-state index in [1.807, 2.05) is 0 Å². The lowest BCUT2D eigenvalue weighted by Gasteiger charge is -2.37. The van der Waals surface area contributed by atoms with Gasteiger partial charge >= 0.3 is 0 Å². The zero-order valence-electron chi connectivity index (χ0n) is 16.2. The smallest absolute Gasteiger partial charge is 0.191 e. The maximum absolute atomic E-state index is 9.73. The Kier molecular flexibility index (Phi) is 7.56. The van der Waals surface area contributed by atoms with Crippen LogP contribution in [0.1, 0.15) is 51.0 Å². The standard InChI is InChI=1S/C21H32BrN3O2/c1-2-23-20(25-18-7-9-19(26)10-8-18)24-15-21(11-13-27-14-12-21)16-3-5-17(22)6-4-16/h3-6,18-19,26H,2,7-15H2,1H3,(H2,23,24,25). The molecule has 3 rings (SSSR count). The summed E-state index contributed by atoms with van der Waals surface area (Å²) < 4.78 is 6.75. The van der Waals surface area contributed by atoms with Gasteiger partial charge in [0.2, 0.25) is 0 Å². The number of ether oxygens (including phenoxy) is 1. The number of guanidine groups is 1. The van der Waals surface area contributed by atoms with E-state index in [-0.39, 0.29) is 11.5 Å².